The van der Waals surface area contributed by atoms with E-state index in [2.05, 4.69) is 5.32 Å². The maximum Gasteiger partial charge on any atom is 0.303 e. The van der Waals surface area contributed by atoms with Crippen LogP contribution in [0.15, 0.2) is 17.5 Å². The molecule has 0 saturated carbocycles. The second kappa shape index (κ2) is 7.21. The standard InChI is InChI=1S/C14H18N2O4S/c17-11(5-1-2-6-12(18)19)16-8-7-15-14(20)13(16)10-4-3-9-21-10/h3-4,9,13H,1-2,5-8H2,(H,15,20)(H,18,19). The van der Waals surface area contributed by atoms with E-state index >= 15 is 0 Å². The third kappa shape index (κ3) is 4.04. The van der Waals surface area contributed by atoms with Crippen molar-refractivity contribution in [1.82, 2.24) is 10.2 Å². The minimum atomic E-state index is -0.851. The summed E-state index contributed by atoms with van der Waals surface area (Å²) in [6.07, 6.45) is 1.36. The lowest BCUT2D eigenvalue weighted by Crippen LogP contribution is -2.51. The number of nitrogens with zero attached hydrogens (tertiary/aromatic N) is 1. The monoisotopic (exact) mass is 310 g/mol. The van der Waals surface area contributed by atoms with Crippen LogP contribution in [0.25, 0.3) is 0 Å². The largest absolute Gasteiger partial charge is 0.481 e. The van der Waals surface area contributed by atoms with Crippen LogP contribution in [0.2, 0.25) is 0 Å². The summed E-state index contributed by atoms with van der Waals surface area (Å²) in [5.41, 5.74) is 0. The number of piperazine rings is 1. The van der Waals surface area contributed by atoms with Gasteiger partial charge in [0, 0.05) is 30.8 Å². The molecule has 1 unspecified atom stereocenters. The van der Waals surface area contributed by atoms with E-state index in [-0.39, 0.29) is 24.7 Å². The Kier molecular flexibility index (Phi) is 5.32. The first-order valence-electron chi connectivity index (χ1n) is 6.92. The number of nitrogens with one attached hydrogen (secondary N) is 1. The molecule has 114 valence electrons. The van der Waals surface area contributed by atoms with Crippen molar-refractivity contribution >= 4 is 29.1 Å². The van der Waals surface area contributed by atoms with Crippen LogP contribution in [0.5, 0.6) is 0 Å². The fraction of sp³-hybridized carbons (Fsp3) is 0.500. The molecule has 1 aromatic heterocycles. The summed E-state index contributed by atoms with van der Waals surface area (Å²) < 4.78 is 0. The van der Waals surface area contributed by atoms with Gasteiger partial charge in [-0.1, -0.05) is 6.07 Å². The summed E-state index contributed by atoms with van der Waals surface area (Å²) in [5.74, 6) is -1.09. The van der Waals surface area contributed by atoms with Crippen LogP contribution >= 0.6 is 11.3 Å². The minimum Gasteiger partial charge on any atom is -0.481 e. The van der Waals surface area contributed by atoms with Crippen molar-refractivity contribution in [2.45, 2.75) is 31.7 Å². The van der Waals surface area contributed by atoms with E-state index in [1.54, 1.807) is 4.90 Å². The number of carboxylic acids is 1. The first kappa shape index (κ1) is 15.5. The molecule has 2 heterocycles. The van der Waals surface area contributed by atoms with E-state index in [4.69, 9.17) is 5.11 Å². The number of carbonyl (C=O) groups excluding carboxylic acids is 2. The normalized spacial score (nSPS) is 18.4. The second-order valence-electron chi connectivity index (χ2n) is 4.90. The Morgan fingerprint density at radius 2 is 2.14 bits per heavy atom. The van der Waals surface area contributed by atoms with E-state index in [0.717, 1.165) is 4.88 Å². The summed E-state index contributed by atoms with van der Waals surface area (Å²) in [4.78, 5) is 37.3. The maximum atomic E-state index is 12.3. The molecular weight excluding hydrogens is 292 g/mol. The molecule has 1 atom stereocenters. The summed E-state index contributed by atoms with van der Waals surface area (Å²) >= 11 is 1.45. The molecule has 0 spiro atoms. The summed E-state index contributed by atoms with van der Waals surface area (Å²) in [6.45, 7) is 0.952. The third-order valence-electron chi connectivity index (χ3n) is 3.38. The van der Waals surface area contributed by atoms with Crippen molar-refractivity contribution in [2.75, 3.05) is 13.1 Å². The Bertz CT molecular complexity index is 515. The Morgan fingerprint density at radius 1 is 1.38 bits per heavy atom. The van der Waals surface area contributed by atoms with Crippen molar-refractivity contribution in [1.29, 1.82) is 0 Å². The molecule has 1 aliphatic heterocycles. The van der Waals surface area contributed by atoms with Gasteiger partial charge in [-0.3, -0.25) is 14.4 Å². The summed E-state index contributed by atoms with van der Waals surface area (Å²) in [6, 6.07) is 3.16. The Hall–Kier alpha value is -1.89. The molecule has 0 aromatic carbocycles. The molecule has 21 heavy (non-hydrogen) atoms. The molecule has 2 N–H and O–H groups in total. The van der Waals surface area contributed by atoms with Gasteiger partial charge in [-0.05, 0) is 24.3 Å². The average molecular weight is 310 g/mol. The van der Waals surface area contributed by atoms with Gasteiger partial charge in [0.05, 0.1) is 0 Å². The number of hydrogen-bond donors (Lipinski definition) is 2. The maximum absolute atomic E-state index is 12.3. The van der Waals surface area contributed by atoms with Crippen molar-refractivity contribution in [2.24, 2.45) is 0 Å². The van der Waals surface area contributed by atoms with Gasteiger partial charge >= 0.3 is 5.97 Å². The number of unbranched alkanes of at least 4 members (excludes halogenated alkanes) is 1. The van der Waals surface area contributed by atoms with E-state index in [0.29, 0.717) is 25.9 Å². The van der Waals surface area contributed by atoms with Crippen LogP contribution in [-0.4, -0.2) is 40.9 Å². The zero-order valence-electron chi connectivity index (χ0n) is 11.6. The lowest BCUT2D eigenvalue weighted by atomic mass is 10.1. The van der Waals surface area contributed by atoms with Crippen molar-refractivity contribution in [3.63, 3.8) is 0 Å². The smallest absolute Gasteiger partial charge is 0.303 e. The molecule has 6 nitrogen and oxygen atoms in total. The molecule has 2 amide bonds. The van der Waals surface area contributed by atoms with Gasteiger partial charge in [0.25, 0.3) is 0 Å². The number of aliphatic carboxylic acids is 1. The van der Waals surface area contributed by atoms with Crippen LogP contribution < -0.4 is 5.32 Å². The summed E-state index contributed by atoms with van der Waals surface area (Å²) in [5, 5.41) is 13.2. The highest BCUT2D eigenvalue weighted by molar-refractivity contribution is 7.10. The van der Waals surface area contributed by atoms with Crippen LogP contribution in [0.4, 0.5) is 0 Å². The van der Waals surface area contributed by atoms with Gasteiger partial charge in [-0.2, -0.15) is 0 Å². The quantitative estimate of drug-likeness (QED) is 0.777. The lowest BCUT2D eigenvalue weighted by Gasteiger charge is -2.34. The second-order valence-corrected chi connectivity index (χ2v) is 5.88. The van der Waals surface area contributed by atoms with Gasteiger partial charge < -0.3 is 15.3 Å². The SMILES string of the molecule is O=C(O)CCCCC(=O)N1CCNC(=O)C1c1cccs1. The highest BCUT2D eigenvalue weighted by Gasteiger charge is 2.34. The fourth-order valence-electron chi connectivity index (χ4n) is 2.36. The molecule has 0 radical (unpaired) electrons. The zero-order chi connectivity index (χ0) is 15.2. The molecule has 0 bridgehead atoms. The number of thiophene rings is 1. The lowest BCUT2D eigenvalue weighted by molar-refractivity contribution is -0.143. The van der Waals surface area contributed by atoms with Gasteiger partial charge in [-0.15, -0.1) is 11.3 Å². The molecular formula is C14H18N2O4S. The summed E-state index contributed by atoms with van der Waals surface area (Å²) in [7, 11) is 0. The molecule has 1 aromatic rings. The third-order valence-corrected chi connectivity index (χ3v) is 4.30. The number of carbonyl (C=O) groups is 3. The number of carboxylic acid groups (broad SMARTS) is 1. The Morgan fingerprint density at radius 3 is 2.81 bits per heavy atom. The van der Waals surface area contributed by atoms with Gasteiger partial charge in [0.2, 0.25) is 11.8 Å². The van der Waals surface area contributed by atoms with Crippen LogP contribution in [0.3, 0.4) is 0 Å². The molecule has 7 heteroatoms. The van der Waals surface area contributed by atoms with Gasteiger partial charge in [-0.25, -0.2) is 0 Å². The first-order chi connectivity index (χ1) is 10.1. The molecule has 1 fully saturated rings. The minimum absolute atomic E-state index is 0.0715. The van der Waals surface area contributed by atoms with Gasteiger partial charge in [0.1, 0.15) is 6.04 Å². The molecule has 0 aliphatic carbocycles. The van der Waals surface area contributed by atoms with E-state index in [1.165, 1.54) is 11.3 Å². The number of hydrogen-bond acceptors (Lipinski definition) is 4. The fourth-order valence-corrected chi connectivity index (χ4v) is 3.20. The zero-order valence-corrected chi connectivity index (χ0v) is 12.4. The first-order valence-corrected chi connectivity index (χ1v) is 7.80. The molecule has 2 rings (SSSR count). The Balaban J connectivity index is 1.96. The van der Waals surface area contributed by atoms with Crippen LogP contribution in [0.1, 0.15) is 36.6 Å². The van der Waals surface area contributed by atoms with Crippen LogP contribution in [-0.2, 0) is 14.4 Å². The van der Waals surface area contributed by atoms with E-state index in [1.807, 2.05) is 17.5 Å². The molecule has 1 aliphatic rings. The predicted octanol–water partition coefficient (Wildman–Crippen LogP) is 1.39. The Labute approximate surface area is 126 Å². The van der Waals surface area contributed by atoms with Crippen molar-refractivity contribution in [3.05, 3.63) is 22.4 Å². The molecule has 1 saturated heterocycles. The van der Waals surface area contributed by atoms with Crippen molar-refractivity contribution in [3.8, 4) is 0 Å². The number of rotatable bonds is 6. The highest BCUT2D eigenvalue weighted by Crippen LogP contribution is 2.27. The van der Waals surface area contributed by atoms with Crippen molar-refractivity contribution < 1.29 is 19.5 Å². The average Bonchev–Trinajstić information content (AvgIpc) is 2.96. The van der Waals surface area contributed by atoms with E-state index in [9.17, 15) is 14.4 Å². The van der Waals surface area contributed by atoms with Gasteiger partial charge in [0.15, 0.2) is 0 Å². The highest BCUT2D eigenvalue weighted by atomic mass is 32.1. The van der Waals surface area contributed by atoms with E-state index < -0.39 is 12.0 Å². The topological polar surface area (TPSA) is 86.7 Å². The predicted molar refractivity (Wildman–Crippen MR) is 77.9 cm³/mol. The van der Waals surface area contributed by atoms with Crippen LogP contribution in [0, 0.1) is 0 Å². The number of amides is 2.